The van der Waals surface area contributed by atoms with Gasteiger partial charge in [0.25, 0.3) is 5.91 Å². The maximum absolute atomic E-state index is 13.4. The number of carbonyl (C=O) groups excluding carboxylic acids is 1. The van der Waals surface area contributed by atoms with E-state index in [-0.39, 0.29) is 10.8 Å². The molecule has 1 aromatic heterocycles. The lowest BCUT2D eigenvalue weighted by molar-refractivity contribution is 0.0988. The summed E-state index contributed by atoms with van der Waals surface area (Å²) in [6.45, 7) is 2.21. The van der Waals surface area contributed by atoms with Crippen LogP contribution in [0.2, 0.25) is 0 Å². The van der Waals surface area contributed by atoms with Gasteiger partial charge in [0.05, 0.1) is 21.5 Å². The highest BCUT2D eigenvalue weighted by molar-refractivity contribution is 9.10. The van der Waals surface area contributed by atoms with Crippen LogP contribution in [0.25, 0.3) is 11.0 Å². The molecule has 1 saturated heterocycles. The zero-order chi connectivity index (χ0) is 20.9. The fourth-order valence-corrected chi connectivity index (χ4v) is 6.17. The summed E-state index contributed by atoms with van der Waals surface area (Å²) in [6, 6.07) is 12.5. The molecule has 3 heterocycles. The van der Waals surface area contributed by atoms with Crippen molar-refractivity contribution in [3.8, 4) is 0 Å². The molecule has 2 aliphatic heterocycles. The van der Waals surface area contributed by atoms with Gasteiger partial charge in [0.15, 0.2) is 0 Å². The number of benzene rings is 2. The number of rotatable bonds is 3. The highest BCUT2D eigenvalue weighted by Crippen LogP contribution is 2.31. The molecule has 30 heavy (non-hydrogen) atoms. The van der Waals surface area contributed by atoms with Gasteiger partial charge >= 0.3 is 0 Å². The number of sulfonamides is 1. The van der Waals surface area contributed by atoms with Crippen molar-refractivity contribution < 1.29 is 13.2 Å². The first-order valence-corrected chi connectivity index (χ1v) is 12.3. The number of nitrogens with zero attached hydrogens (tertiary/aromatic N) is 4. The van der Waals surface area contributed by atoms with E-state index in [0.717, 1.165) is 30.3 Å². The van der Waals surface area contributed by atoms with Crippen molar-refractivity contribution in [1.29, 1.82) is 0 Å². The Labute approximate surface area is 183 Å². The van der Waals surface area contributed by atoms with Crippen LogP contribution in [0.15, 0.2) is 51.8 Å². The number of para-hydroxylation sites is 2. The number of amides is 1. The lowest BCUT2D eigenvalue weighted by atomic mass is 10.2. The molecular weight excluding hydrogens is 468 g/mol. The molecule has 2 aromatic carbocycles. The van der Waals surface area contributed by atoms with Gasteiger partial charge in [0.1, 0.15) is 0 Å². The van der Waals surface area contributed by atoms with Gasteiger partial charge in [0.2, 0.25) is 16.0 Å². The van der Waals surface area contributed by atoms with E-state index >= 15 is 0 Å². The predicted octanol–water partition coefficient (Wildman–Crippen LogP) is 3.63. The smallest absolute Gasteiger partial charge is 0.261 e. The average molecular weight is 489 g/mol. The molecule has 1 amide bonds. The first kappa shape index (κ1) is 19.7. The van der Waals surface area contributed by atoms with Gasteiger partial charge in [-0.2, -0.15) is 4.31 Å². The maximum Gasteiger partial charge on any atom is 0.261 e. The van der Waals surface area contributed by atoms with E-state index in [1.807, 2.05) is 28.8 Å². The molecule has 0 saturated carbocycles. The Hall–Kier alpha value is -2.23. The summed E-state index contributed by atoms with van der Waals surface area (Å²) in [6.07, 6.45) is 2.78. The molecule has 156 valence electrons. The molecule has 0 radical (unpaired) electrons. The van der Waals surface area contributed by atoms with Crippen LogP contribution in [0.5, 0.6) is 0 Å². The second-order valence-electron chi connectivity index (χ2n) is 7.62. The van der Waals surface area contributed by atoms with Gasteiger partial charge in [-0.1, -0.05) is 18.6 Å². The summed E-state index contributed by atoms with van der Waals surface area (Å²) in [5.74, 6) is 0.337. The van der Waals surface area contributed by atoms with Gasteiger partial charge in [-0.05, 0) is 59.1 Å². The Morgan fingerprint density at radius 2 is 1.73 bits per heavy atom. The van der Waals surface area contributed by atoms with Crippen molar-refractivity contribution in [2.45, 2.75) is 30.7 Å². The van der Waals surface area contributed by atoms with E-state index in [9.17, 15) is 13.2 Å². The first-order valence-electron chi connectivity index (χ1n) is 10.0. The van der Waals surface area contributed by atoms with Crippen LogP contribution in [-0.2, 0) is 16.6 Å². The monoisotopic (exact) mass is 488 g/mol. The second kappa shape index (κ2) is 7.47. The number of aromatic nitrogens is 2. The average Bonchev–Trinajstić information content (AvgIpc) is 3.33. The molecule has 1 fully saturated rings. The number of anilines is 1. The summed E-state index contributed by atoms with van der Waals surface area (Å²) in [5, 5.41) is 0. The summed E-state index contributed by atoms with van der Waals surface area (Å²) in [4.78, 5) is 19.8. The Morgan fingerprint density at radius 1 is 0.967 bits per heavy atom. The fraction of sp³-hybridized carbons (Fsp3) is 0.333. The Morgan fingerprint density at radius 3 is 2.53 bits per heavy atom. The van der Waals surface area contributed by atoms with Gasteiger partial charge in [-0.3, -0.25) is 9.69 Å². The number of hydrogen-bond donors (Lipinski definition) is 0. The Balaban J connectivity index is 1.51. The largest absolute Gasteiger partial charge is 0.308 e. The van der Waals surface area contributed by atoms with Crippen molar-refractivity contribution in [1.82, 2.24) is 13.9 Å². The molecule has 0 atom stereocenters. The van der Waals surface area contributed by atoms with Crippen molar-refractivity contribution in [3.63, 3.8) is 0 Å². The molecule has 0 bridgehead atoms. The van der Waals surface area contributed by atoms with Crippen molar-refractivity contribution in [3.05, 3.63) is 52.5 Å². The lowest BCUT2D eigenvalue weighted by Crippen LogP contribution is -2.36. The van der Waals surface area contributed by atoms with Crippen LogP contribution in [0, 0.1) is 0 Å². The third-order valence-electron chi connectivity index (χ3n) is 5.79. The van der Waals surface area contributed by atoms with Crippen molar-refractivity contribution in [2.24, 2.45) is 0 Å². The van der Waals surface area contributed by atoms with Crippen LogP contribution in [0.3, 0.4) is 0 Å². The fourth-order valence-electron chi connectivity index (χ4n) is 4.21. The van der Waals surface area contributed by atoms with Gasteiger partial charge in [-0.15, -0.1) is 0 Å². The topological polar surface area (TPSA) is 75.5 Å². The lowest BCUT2D eigenvalue weighted by Gasteiger charge is -2.26. The van der Waals surface area contributed by atoms with Crippen molar-refractivity contribution >= 4 is 48.8 Å². The number of halogens is 1. The minimum atomic E-state index is -3.62. The summed E-state index contributed by atoms with van der Waals surface area (Å²) in [7, 11) is -3.62. The van der Waals surface area contributed by atoms with Crippen LogP contribution >= 0.6 is 15.9 Å². The molecular formula is C21H21BrN4O3S. The molecule has 0 spiro atoms. The molecule has 0 N–H and O–H groups in total. The number of hydrogen-bond acceptors (Lipinski definition) is 4. The first-order chi connectivity index (χ1) is 14.5. The second-order valence-corrected chi connectivity index (χ2v) is 10.4. The third-order valence-corrected chi connectivity index (χ3v) is 8.38. The van der Waals surface area contributed by atoms with E-state index in [2.05, 4.69) is 20.9 Å². The number of imidazole rings is 1. The number of piperidine rings is 1. The van der Waals surface area contributed by atoms with Crippen molar-refractivity contribution in [2.75, 3.05) is 24.5 Å². The zero-order valence-corrected chi connectivity index (χ0v) is 18.7. The SMILES string of the molecule is O=C(c1cc(S(=O)(=O)N2CCCCC2)ccc1Br)N1CCn2c1nc1ccccc12. The summed E-state index contributed by atoms with van der Waals surface area (Å²) < 4.78 is 30.3. The molecule has 7 nitrogen and oxygen atoms in total. The van der Waals surface area contributed by atoms with E-state index in [1.54, 1.807) is 17.0 Å². The molecule has 0 aliphatic carbocycles. The normalized spacial score (nSPS) is 17.4. The summed E-state index contributed by atoms with van der Waals surface area (Å²) in [5.41, 5.74) is 2.15. The van der Waals surface area contributed by atoms with E-state index in [4.69, 9.17) is 0 Å². The highest BCUT2D eigenvalue weighted by Gasteiger charge is 2.32. The zero-order valence-electron chi connectivity index (χ0n) is 16.3. The molecule has 9 heteroatoms. The van der Waals surface area contributed by atoms with Gasteiger partial charge in [-0.25, -0.2) is 13.4 Å². The number of fused-ring (bicyclic) bond motifs is 3. The molecule has 5 rings (SSSR count). The van der Waals surface area contributed by atoms with E-state index in [0.29, 0.717) is 42.2 Å². The minimum Gasteiger partial charge on any atom is -0.308 e. The maximum atomic E-state index is 13.4. The van der Waals surface area contributed by atoms with Crippen LogP contribution in [0.4, 0.5) is 5.95 Å². The van der Waals surface area contributed by atoms with E-state index in [1.165, 1.54) is 10.4 Å². The van der Waals surface area contributed by atoms with Gasteiger partial charge < -0.3 is 4.57 Å². The molecule has 3 aromatic rings. The molecule has 0 unspecified atom stereocenters. The van der Waals surface area contributed by atoms with Crippen LogP contribution in [0.1, 0.15) is 29.6 Å². The highest BCUT2D eigenvalue weighted by atomic mass is 79.9. The Bertz CT molecular complexity index is 1250. The van der Waals surface area contributed by atoms with Crippen LogP contribution < -0.4 is 4.90 Å². The van der Waals surface area contributed by atoms with E-state index < -0.39 is 10.0 Å². The quantitative estimate of drug-likeness (QED) is 0.563. The molecule has 2 aliphatic rings. The minimum absolute atomic E-state index is 0.156. The predicted molar refractivity (Wildman–Crippen MR) is 118 cm³/mol. The summed E-state index contributed by atoms with van der Waals surface area (Å²) >= 11 is 3.43. The number of carbonyl (C=O) groups is 1. The van der Waals surface area contributed by atoms with Gasteiger partial charge in [0, 0.05) is 30.7 Å². The standard InChI is InChI=1S/C21H21BrN4O3S/c22-17-9-8-15(30(28,29)24-10-4-1-5-11-24)14-16(17)20(27)26-13-12-25-19-7-3-2-6-18(19)23-21(25)26/h2-3,6-9,14H,1,4-5,10-13H2. The Kier molecular flexibility index (Phi) is 4.91. The van der Waals surface area contributed by atoms with Crippen LogP contribution in [-0.4, -0.2) is 47.8 Å². The third kappa shape index (κ3) is 3.16.